The number of benzene rings is 3. The van der Waals surface area contributed by atoms with Crippen LogP contribution in [0.4, 0.5) is 0 Å². The average molecular weight is 369 g/mol. The molecule has 0 unspecified atom stereocenters. The number of amides is 1. The van der Waals surface area contributed by atoms with Gasteiger partial charge in [-0.25, -0.2) is 0 Å². The van der Waals surface area contributed by atoms with Gasteiger partial charge in [-0.15, -0.1) is 0 Å². The molecule has 1 amide bonds. The van der Waals surface area contributed by atoms with E-state index in [2.05, 4.69) is 22.5 Å². The number of para-hydroxylation sites is 1. The highest BCUT2D eigenvalue weighted by Crippen LogP contribution is 2.20. The SMILES string of the molecule is C[C@@H](NC(=O)c1ccc(=O)n(-c2ccccc2)n1)c1ccc2ccccc2c1. The predicted molar refractivity (Wildman–Crippen MR) is 110 cm³/mol. The molecular formula is C23H19N3O2. The van der Waals surface area contributed by atoms with E-state index in [0.717, 1.165) is 16.3 Å². The fourth-order valence-electron chi connectivity index (χ4n) is 3.12. The standard InChI is InChI=1S/C23H19N3O2/c1-16(18-12-11-17-7-5-6-8-19(17)15-18)24-23(28)21-13-14-22(27)26(25-21)20-9-3-2-4-10-20/h2-16H,1H3,(H,24,28)/t16-/m1/s1. The van der Waals surface area contributed by atoms with E-state index < -0.39 is 0 Å². The van der Waals surface area contributed by atoms with E-state index in [1.54, 1.807) is 12.1 Å². The molecule has 0 aliphatic rings. The van der Waals surface area contributed by atoms with Crippen molar-refractivity contribution in [3.63, 3.8) is 0 Å². The first-order chi connectivity index (χ1) is 13.6. The second kappa shape index (κ2) is 7.48. The second-order valence-electron chi connectivity index (χ2n) is 6.61. The Balaban J connectivity index is 1.58. The molecular weight excluding hydrogens is 350 g/mol. The van der Waals surface area contributed by atoms with Crippen LogP contribution in [0.5, 0.6) is 0 Å². The van der Waals surface area contributed by atoms with Crippen molar-refractivity contribution in [2.24, 2.45) is 0 Å². The molecule has 0 fully saturated rings. The highest BCUT2D eigenvalue weighted by atomic mass is 16.2. The van der Waals surface area contributed by atoms with E-state index >= 15 is 0 Å². The van der Waals surface area contributed by atoms with Gasteiger partial charge in [0, 0.05) is 6.07 Å². The molecule has 4 aromatic rings. The van der Waals surface area contributed by atoms with E-state index in [1.807, 2.05) is 55.5 Å². The van der Waals surface area contributed by atoms with Gasteiger partial charge in [-0.2, -0.15) is 9.78 Å². The van der Waals surface area contributed by atoms with E-state index in [-0.39, 0.29) is 23.2 Å². The van der Waals surface area contributed by atoms with Crippen LogP contribution in [0.2, 0.25) is 0 Å². The van der Waals surface area contributed by atoms with Crippen LogP contribution < -0.4 is 10.9 Å². The first-order valence-electron chi connectivity index (χ1n) is 9.07. The summed E-state index contributed by atoms with van der Waals surface area (Å²) >= 11 is 0. The molecule has 5 heteroatoms. The molecule has 0 saturated carbocycles. The number of carbonyl (C=O) groups is 1. The Morgan fingerprint density at radius 3 is 2.39 bits per heavy atom. The van der Waals surface area contributed by atoms with Crippen LogP contribution in [0.3, 0.4) is 0 Å². The van der Waals surface area contributed by atoms with E-state index in [9.17, 15) is 9.59 Å². The fourth-order valence-corrected chi connectivity index (χ4v) is 3.12. The number of fused-ring (bicyclic) bond motifs is 1. The van der Waals surface area contributed by atoms with Crippen molar-refractivity contribution >= 4 is 16.7 Å². The Labute approximate surface area is 162 Å². The van der Waals surface area contributed by atoms with Gasteiger partial charge in [0.25, 0.3) is 11.5 Å². The van der Waals surface area contributed by atoms with Crippen molar-refractivity contribution in [3.8, 4) is 5.69 Å². The van der Waals surface area contributed by atoms with Gasteiger partial charge in [-0.1, -0.05) is 54.6 Å². The van der Waals surface area contributed by atoms with Gasteiger partial charge in [0.1, 0.15) is 5.69 Å². The monoisotopic (exact) mass is 369 g/mol. The lowest BCUT2D eigenvalue weighted by atomic mass is 10.0. The molecule has 1 atom stereocenters. The third kappa shape index (κ3) is 3.55. The highest BCUT2D eigenvalue weighted by molar-refractivity contribution is 5.92. The van der Waals surface area contributed by atoms with Crippen molar-refractivity contribution in [2.75, 3.05) is 0 Å². The Bertz CT molecular complexity index is 1200. The van der Waals surface area contributed by atoms with Gasteiger partial charge in [0.2, 0.25) is 0 Å². The fraction of sp³-hybridized carbons (Fsp3) is 0.0870. The van der Waals surface area contributed by atoms with Crippen LogP contribution >= 0.6 is 0 Å². The molecule has 3 aromatic carbocycles. The molecule has 0 saturated heterocycles. The number of carbonyl (C=O) groups excluding carboxylic acids is 1. The predicted octanol–water partition coefficient (Wildman–Crippen LogP) is 3.88. The van der Waals surface area contributed by atoms with E-state index in [1.165, 1.54) is 16.8 Å². The summed E-state index contributed by atoms with van der Waals surface area (Å²) in [6, 6.07) is 25.9. The molecule has 0 aliphatic heterocycles. The van der Waals surface area contributed by atoms with Crippen LogP contribution in [0.15, 0.2) is 89.7 Å². The lowest BCUT2D eigenvalue weighted by Gasteiger charge is -2.15. The molecule has 0 radical (unpaired) electrons. The Morgan fingerprint density at radius 2 is 1.61 bits per heavy atom. The van der Waals surface area contributed by atoms with E-state index in [4.69, 9.17) is 0 Å². The minimum absolute atomic E-state index is 0.191. The molecule has 0 spiro atoms. The molecule has 138 valence electrons. The van der Waals surface area contributed by atoms with Gasteiger partial charge in [0.15, 0.2) is 0 Å². The normalized spacial score (nSPS) is 11.9. The van der Waals surface area contributed by atoms with Gasteiger partial charge in [0.05, 0.1) is 11.7 Å². The van der Waals surface area contributed by atoms with Crippen LogP contribution in [-0.2, 0) is 0 Å². The van der Waals surface area contributed by atoms with Crippen molar-refractivity contribution in [3.05, 3.63) is 107 Å². The van der Waals surface area contributed by atoms with Gasteiger partial charge in [-0.05, 0) is 47.5 Å². The quantitative estimate of drug-likeness (QED) is 0.594. The number of hydrogen-bond donors (Lipinski definition) is 1. The molecule has 28 heavy (non-hydrogen) atoms. The second-order valence-corrected chi connectivity index (χ2v) is 6.61. The Hall–Kier alpha value is -3.73. The number of rotatable bonds is 4. The summed E-state index contributed by atoms with van der Waals surface area (Å²) in [5, 5.41) is 9.47. The summed E-state index contributed by atoms with van der Waals surface area (Å²) in [6.45, 7) is 1.93. The zero-order valence-electron chi connectivity index (χ0n) is 15.4. The summed E-state index contributed by atoms with van der Waals surface area (Å²) in [5.41, 5.74) is 1.52. The first-order valence-corrected chi connectivity index (χ1v) is 9.07. The summed E-state index contributed by atoms with van der Waals surface area (Å²) in [7, 11) is 0. The first kappa shape index (κ1) is 17.7. The molecule has 1 N–H and O–H groups in total. The zero-order valence-corrected chi connectivity index (χ0v) is 15.4. The lowest BCUT2D eigenvalue weighted by molar-refractivity contribution is 0.0933. The third-order valence-electron chi connectivity index (χ3n) is 4.65. The molecule has 5 nitrogen and oxygen atoms in total. The molecule has 0 aliphatic carbocycles. The zero-order chi connectivity index (χ0) is 19.5. The number of aromatic nitrogens is 2. The van der Waals surface area contributed by atoms with Gasteiger partial charge >= 0.3 is 0 Å². The lowest BCUT2D eigenvalue weighted by Crippen LogP contribution is -2.30. The van der Waals surface area contributed by atoms with Crippen molar-refractivity contribution in [1.29, 1.82) is 0 Å². The molecule has 1 aromatic heterocycles. The number of nitrogens with one attached hydrogen (secondary N) is 1. The topological polar surface area (TPSA) is 64.0 Å². The smallest absolute Gasteiger partial charge is 0.272 e. The maximum Gasteiger partial charge on any atom is 0.272 e. The molecule has 0 bridgehead atoms. The van der Waals surface area contributed by atoms with Crippen molar-refractivity contribution in [2.45, 2.75) is 13.0 Å². The summed E-state index contributed by atoms with van der Waals surface area (Å²) in [4.78, 5) is 24.8. The van der Waals surface area contributed by atoms with Crippen molar-refractivity contribution in [1.82, 2.24) is 15.1 Å². The van der Waals surface area contributed by atoms with E-state index in [0.29, 0.717) is 5.69 Å². The van der Waals surface area contributed by atoms with Crippen LogP contribution in [0, 0.1) is 0 Å². The molecule has 1 heterocycles. The Morgan fingerprint density at radius 1 is 0.893 bits per heavy atom. The number of hydrogen-bond acceptors (Lipinski definition) is 3. The maximum absolute atomic E-state index is 12.7. The van der Waals surface area contributed by atoms with Crippen LogP contribution in [-0.4, -0.2) is 15.7 Å². The maximum atomic E-state index is 12.7. The van der Waals surface area contributed by atoms with Crippen LogP contribution in [0.1, 0.15) is 29.0 Å². The summed E-state index contributed by atoms with van der Waals surface area (Å²) in [6.07, 6.45) is 0. The summed E-state index contributed by atoms with van der Waals surface area (Å²) in [5.74, 6) is -0.328. The highest BCUT2D eigenvalue weighted by Gasteiger charge is 2.15. The molecule has 4 rings (SSSR count). The third-order valence-corrected chi connectivity index (χ3v) is 4.65. The largest absolute Gasteiger partial charge is 0.344 e. The number of nitrogens with zero attached hydrogens (tertiary/aromatic N) is 2. The van der Waals surface area contributed by atoms with Gasteiger partial charge in [-0.3, -0.25) is 9.59 Å². The Kier molecular flexibility index (Phi) is 4.72. The van der Waals surface area contributed by atoms with Crippen LogP contribution in [0.25, 0.3) is 16.5 Å². The van der Waals surface area contributed by atoms with Gasteiger partial charge < -0.3 is 5.32 Å². The minimum atomic E-state index is -0.328. The summed E-state index contributed by atoms with van der Waals surface area (Å²) < 4.78 is 1.23. The average Bonchev–Trinajstić information content (AvgIpc) is 2.74. The minimum Gasteiger partial charge on any atom is -0.344 e. The van der Waals surface area contributed by atoms with Crippen molar-refractivity contribution < 1.29 is 4.79 Å².